The molecule has 4 rings (SSSR count). The Hall–Kier alpha value is -2.09. The summed E-state index contributed by atoms with van der Waals surface area (Å²) in [5, 5.41) is 3.81. The van der Waals surface area contributed by atoms with Crippen LogP contribution in [0.1, 0.15) is 18.7 Å². The number of amides is 1. The molecule has 4 heterocycles. The van der Waals surface area contributed by atoms with E-state index >= 15 is 0 Å². The van der Waals surface area contributed by atoms with Gasteiger partial charge in [-0.05, 0) is 31.9 Å². The van der Waals surface area contributed by atoms with Crippen molar-refractivity contribution in [1.82, 2.24) is 20.0 Å². The Morgan fingerprint density at radius 2 is 2.12 bits per heavy atom. The molecule has 2 aromatic rings. The number of carbonyl (C=O) groups is 1. The predicted octanol–water partition coefficient (Wildman–Crippen LogP) is 2.23. The number of piperidine rings is 1. The van der Waals surface area contributed by atoms with Crippen LogP contribution in [0.3, 0.4) is 0 Å². The van der Waals surface area contributed by atoms with Gasteiger partial charge in [0.1, 0.15) is 5.82 Å². The third kappa shape index (κ3) is 3.70. The van der Waals surface area contributed by atoms with Crippen LogP contribution in [0.15, 0.2) is 22.9 Å². The normalized spacial score (nSPS) is 21.0. The molecule has 0 spiro atoms. The van der Waals surface area contributed by atoms with E-state index in [2.05, 4.69) is 20.0 Å². The third-order valence-corrected chi connectivity index (χ3v) is 5.88. The molecule has 2 aliphatic heterocycles. The van der Waals surface area contributed by atoms with Crippen molar-refractivity contribution in [2.24, 2.45) is 5.92 Å². The fraction of sp³-hybridized carbons (Fsp3) is 0.556. The van der Waals surface area contributed by atoms with Crippen molar-refractivity contribution in [3.8, 4) is 11.5 Å². The molecule has 1 atom stereocenters. The second-order valence-electron chi connectivity index (χ2n) is 6.77. The van der Waals surface area contributed by atoms with Crippen LogP contribution in [0.2, 0.25) is 0 Å². The van der Waals surface area contributed by atoms with Crippen LogP contribution in [0.25, 0.3) is 11.5 Å². The van der Waals surface area contributed by atoms with Gasteiger partial charge >= 0.3 is 0 Å². The van der Waals surface area contributed by atoms with Gasteiger partial charge in [0, 0.05) is 43.9 Å². The molecule has 2 aliphatic rings. The predicted molar refractivity (Wildman–Crippen MR) is 101 cm³/mol. The fourth-order valence-corrected chi connectivity index (χ4v) is 4.45. The van der Waals surface area contributed by atoms with Gasteiger partial charge in [-0.25, -0.2) is 4.98 Å². The number of hydrogen-bond acceptors (Lipinski definition) is 7. The highest BCUT2D eigenvalue weighted by molar-refractivity contribution is 7.99. The van der Waals surface area contributed by atoms with Crippen LogP contribution in [-0.4, -0.2) is 63.6 Å². The Balaban J connectivity index is 1.43. The second-order valence-corrected chi connectivity index (χ2v) is 8.00. The van der Waals surface area contributed by atoms with Gasteiger partial charge < -0.3 is 14.3 Å². The number of carbonyl (C=O) groups excluding carboxylic acids is 1. The Morgan fingerprint density at radius 1 is 1.27 bits per heavy atom. The minimum Gasteiger partial charge on any atom is -0.356 e. The maximum Gasteiger partial charge on any atom is 0.259 e. The van der Waals surface area contributed by atoms with E-state index in [1.165, 1.54) is 0 Å². The van der Waals surface area contributed by atoms with Crippen molar-refractivity contribution in [3.05, 3.63) is 24.2 Å². The largest absolute Gasteiger partial charge is 0.356 e. The van der Waals surface area contributed by atoms with Gasteiger partial charge in [-0.1, -0.05) is 5.16 Å². The maximum atomic E-state index is 12.8. The van der Waals surface area contributed by atoms with Gasteiger partial charge in [-0.15, -0.1) is 0 Å². The number of hydrogen-bond donors (Lipinski definition) is 0. The lowest BCUT2D eigenvalue weighted by atomic mass is 9.96. The van der Waals surface area contributed by atoms with Crippen molar-refractivity contribution in [2.45, 2.75) is 19.8 Å². The molecule has 26 heavy (non-hydrogen) atoms. The van der Waals surface area contributed by atoms with E-state index in [4.69, 9.17) is 4.52 Å². The van der Waals surface area contributed by atoms with Crippen molar-refractivity contribution in [2.75, 3.05) is 42.6 Å². The van der Waals surface area contributed by atoms with Gasteiger partial charge in [0.2, 0.25) is 5.91 Å². The van der Waals surface area contributed by atoms with E-state index in [-0.39, 0.29) is 5.92 Å². The zero-order chi connectivity index (χ0) is 17.9. The standard InChI is InChI=1S/C18H23N5O2S/c1-13-20-17(25-21-13)14-4-5-16(19-11-14)23-6-2-3-15(12-23)18(24)22-7-9-26-10-8-22/h4-5,11,15H,2-3,6-10,12H2,1H3/t15-/m1/s1. The first-order chi connectivity index (χ1) is 12.7. The quantitative estimate of drug-likeness (QED) is 0.816. The highest BCUT2D eigenvalue weighted by Gasteiger charge is 2.30. The summed E-state index contributed by atoms with van der Waals surface area (Å²) in [5.74, 6) is 4.49. The van der Waals surface area contributed by atoms with Crippen molar-refractivity contribution in [3.63, 3.8) is 0 Å². The monoisotopic (exact) mass is 373 g/mol. The minimum atomic E-state index is 0.0758. The Morgan fingerprint density at radius 3 is 2.81 bits per heavy atom. The molecule has 8 heteroatoms. The number of aryl methyl sites for hydroxylation is 1. The maximum absolute atomic E-state index is 12.8. The van der Waals surface area contributed by atoms with E-state index in [1.54, 1.807) is 13.1 Å². The topological polar surface area (TPSA) is 75.4 Å². The Kier molecular flexibility index (Phi) is 5.10. The molecule has 0 aliphatic carbocycles. The summed E-state index contributed by atoms with van der Waals surface area (Å²) >= 11 is 1.93. The van der Waals surface area contributed by atoms with E-state index < -0.39 is 0 Å². The van der Waals surface area contributed by atoms with Crippen LogP contribution in [0.4, 0.5) is 5.82 Å². The molecule has 138 valence electrons. The summed E-state index contributed by atoms with van der Waals surface area (Å²) in [6, 6.07) is 3.92. The molecule has 0 bridgehead atoms. The van der Waals surface area contributed by atoms with E-state index in [9.17, 15) is 4.79 Å². The molecule has 0 N–H and O–H groups in total. The molecule has 2 saturated heterocycles. The summed E-state index contributed by atoms with van der Waals surface area (Å²) in [6.07, 6.45) is 3.75. The summed E-state index contributed by atoms with van der Waals surface area (Å²) in [5.41, 5.74) is 0.810. The first-order valence-electron chi connectivity index (χ1n) is 9.09. The Labute approximate surface area is 157 Å². The molecule has 0 radical (unpaired) electrons. The number of pyridine rings is 1. The zero-order valence-electron chi connectivity index (χ0n) is 14.9. The van der Waals surface area contributed by atoms with Crippen LogP contribution in [0.5, 0.6) is 0 Å². The lowest BCUT2D eigenvalue weighted by molar-refractivity contribution is -0.135. The highest BCUT2D eigenvalue weighted by atomic mass is 32.2. The molecule has 0 saturated carbocycles. The average molecular weight is 373 g/mol. The number of thioether (sulfide) groups is 1. The van der Waals surface area contributed by atoms with Crippen LogP contribution >= 0.6 is 11.8 Å². The molecular weight excluding hydrogens is 350 g/mol. The summed E-state index contributed by atoms with van der Waals surface area (Å²) in [6.45, 7) is 5.24. The minimum absolute atomic E-state index is 0.0758. The highest BCUT2D eigenvalue weighted by Crippen LogP contribution is 2.26. The molecule has 7 nitrogen and oxygen atoms in total. The smallest absolute Gasteiger partial charge is 0.259 e. The summed E-state index contributed by atoms with van der Waals surface area (Å²) in [7, 11) is 0. The van der Waals surface area contributed by atoms with Crippen LogP contribution in [0, 0.1) is 12.8 Å². The first-order valence-corrected chi connectivity index (χ1v) is 10.2. The average Bonchev–Trinajstić information content (AvgIpc) is 3.15. The Bertz CT molecular complexity index is 757. The number of rotatable bonds is 3. The zero-order valence-corrected chi connectivity index (χ0v) is 15.7. The SMILES string of the molecule is Cc1noc(-c2ccc(N3CCC[C@@H](C(=O)N4CCSCC4)C3)nc2)n1. The van der Waals surface area contributed by atoms with Crippen molar-refractivity contribution in [1.29, 1.82) is 0 Å². The van der Waals surface area contributed by atoms with E-state index in [0.29, 0.717) is 17.6 Å². The lowest BCUT2D eigenvalue weighted by Crippen LogP contribution is -2.47. The van der Waals surface area contributed by atoms with E-state index in [1.807, 2.05) is 28.8 Å². The second kappa shape index (κ2) is 7.65. The van der Waals surface area contributed by atoms with Gasteiger partial charge in [-0.3, -0.25) is 4.79 Å². The number of anilines is 1. The molecule has 2 aromatic heterocycles. The van der Waals surface area contributed by atoms with Crippen LogP contribution < -0.4 is 4.90 Å². The fourth-order valence-electron chi connectivity index (χ4n) is 3.54. The van der Waals surface area contributed by atoms with Crippen molar-refractivity contribution >= 4 is 23.5 Å². The van der Waals surface area contributed by atoms with Gasteiger partial charge in [-0.2, -0.15) is 16.7 Å². The van der Waals surface area contributed by atoms with Gasteiger partial charge in [0.15, 0.2) is 5.82 Å². The van der Waals surface area contributed by atoms with Gasteiger partial charge in [0.05, 0.1) is 11.5 Å². The molecule has 1 amide bonds. The summed E-state index contributed by atoms with van der Waals surface area (Å²) in [4.78, 5) is 25.9. The first kappa shape index (κ1) is 17.3. The van der Waals surface area contributed by atoms with E-state index in [0.717, 1.165) is 61.9 Å². The molecule has 0 aromatic carbocycles. The third-order valence-electron chi connectivity index (χ3n) is 4.94. The van der Waals surface area contributed by atoms with Gasteiger partial charge in [0.25, 0.3) is 5.89 Å². The van der Waals surface area contributed by atoms with Crippen molar-refractivity contribution < 1.29 is 9.32 Å². The molecule has 2 fully saturated rings. The molecular formula is C18H23N5O2S. The van der Waals surface area contributed by atoms with Crippen LogP contribution in [-0.2, 0) is 4.79 Å². The number of aromatic nitrogens is 3. The number of nitrogens with zero attached hydrogens (tertiary/aromatic N) is 5. The molecule has 0 unspecified atom stereocenters. The lowest BCUT2D eigenvalue weighted by Gasteiger charge is -2.36. The summed E-state index contributed by atoms with van der Waals surface area (Å²) < 4.78 is 5.18.